The van der Waals surface area contributed by atoms with Crippen molar-refractivity contribution in [1.29, 1.82) is 0 Å². The standard InChI is InChI=1S/C17H21N5O/c23-17(21-11-10-20-9-5-4-8-15(20)13-21)16-12-18-22(19-16)14-6-2-1-3-7-14/h1-3,6-7,12,15H,4-5,8-11,13H2. The number of para-hydroxylation sites is 1. The number of amides is 1. The summed E-state index contributed by atoms with van der Waals surface area (Å²) >= 11 is 0. The van der Waals surface area contributed by atoms with E-state index in [4.69, 9.17) is 0 Å². The van der Waals surface area contributed by atoms with Gasteiger partial charge in [-0.25, -0.2) is 0 Å². The Bertz CT molecular complexity index is 683. The number of carbonyl (C=O) groups is 1. The van der Waals surface area contributed by atoms with Crippen molar-refractivity contribution in [3.63, 3.8) is 0 Å². The van der Waals surface area contributed by atoms with Crippen molar-refractivity contribution in [2.45, 2.75) is 25.3 Å². The van der Waals surface area contributed by atoms with Gasteiger partial charge in [-0.05, 0) is 31.5 Å². The topological polar surface area (TPSA) is 54.3 Å². The maximum atomic E-state index is 12.7. The van der Waals surface area contributed by atoms with Gasteiger partial charge in [-0.1, -0.05) is 24.6 Å². The number of rotatable bonds is 2. The zero-order chi connectivity index (χ0) is 15.6. The maximum absolute atomic E-state index is 12.7. The van der Waals surface area contributed by atoms with Gasteiger partial charge in [-0.15, -0.1) is 5.10 Å². The van der Waals surface area contributed by atoms with Crippen LogP contribution in [0.2, 0.25) is 0 Å². The first-order valence-electron chi connectivity index (χ1n) is 8.32. The lowest BCUT2D eigenvalue weighted by Gasteiger charge is -2.43. The summed E-state index contributed by atoms with van der Waals surface area (Å²) in [5, 5.41) is 8.59. The summed E-state index contributed by atoms with van der Waals surface area (Å²) in [5.41, 5.74) is 1.29. The predicted octanol–water partition coefficient (Wildman–Crippen LogP) is 1.58. The van der Waals surface area contributed by atoms with E-state index < -0.39 is 0 Å². The van der Waals surface area contributed by atoms with Crippen molar-refractivity contribution < 1.29 is 4.79 Å². The molecule has 1 aromatic carbocycles. The maximum Gasteiger partial charge on any atom is 0.276 e. The third-order valence-electron chi connectivity index (χ3n) is 4.82. The minimum absolute atomic E-state index is 0.00240. The Morgan fingerprint density at radius 3 is 2.83 bits per heavy atom. The second kappa shape index (κ2) is 6.12. The van der Waals surface area contributed by atoms with Crippen LogP contribution >= 0.6 is 0 Å². The second-order valence-electron chi connectivity index (χ2n) is 6.29. The molecule has 1 unspecified atom stereocenters. The third-order valence-corrected chi connectivity index (χ3v) is 4.82. The molecule has 4 rings (SSSR count). The molecular weight excluding hydrogens is 290 g/mol. The van der Waals surface area contributed by atoms with E-state index in [2.05, 4.69) is 15.1 Å². The predicted molar refractivity (Wildman–Crippen MR) is 86.5 cm³/mol. The normalized spacial score (nSPS) is 21.9. The summed E-state index contributed by atoms with van der Waals surface area (Å²) in [4.78, 5) is 18.7. The van der Waals surface area contributed by atoms with Crippen molar-refractivity contribution in [1.82, 2.24) is 24.8 Å². The molecule has 1 aromatic heterocycles. The van der Waals surface area contributed by atoms with Crippen molar-refractivity contribution in [3.8, 4) is 5.69 Å². The average Bonchev–Trinajstić information content (AvgIpc) is 3.11. The number of piperazine rings is 1. The fraction of sp³-hybridized carbons (Fsp3) is 0.471. The highest BCUT2D eigenvalue weighted by Crippen LogP contribution is 2.21. The third kappa shape index (κ3) is 2.86. The number of nitrogens with zero attached hydrogens (tertiary/aromatic N) is 5. The molecule has 0 saturated carbocycles. The van der Waals surface area contributed by atoms with Gasteiger partial charge in [-0.2, -0.15) is 9.90 Å². The van der Waals surface area contributed by atoms with Gasteiger partial charge in [0.05, 0.1) is 11.9 Å². The molecule has 1 amide bonds. The van der Waals surface area contributed by atoms with Crippen LogP contribution in [0, 0.1) is 0 Å². The Morgan fingerprint density at radius 2 is 1.96 bits per heavy atom. The summed E-state index contributed by atoms with van der Waals surface area (Å²) in [5.74, 6) is -0.00240. The molecule has 6 heteroatoms. The van der Waals surface area contributed by atoms with Gasteiger partial charge in [0.1, 0.15) is 0 Å². The molecule has 2 aliphatic heterocycles. The molecule has 2 aromatic rings. The van der Waals surface area contributed by atoms with Gasteiger partial charge in [0.15, 0.2) is 5.69 Å². The van der Waals surface area contributed by atoms with E-state index in [-0.39, 0.29) is 5.91 Å². The van der Waals surface area contributed by atoms with E-state index in [9.17, 15) is 4.79 Å². The lowest BCUT2D eigenvalue weighted by Crippen LogP contribution is -2.56. The molecule has 2 aliphatic rings. The first kappa shape index (κ1) is 14.4. The Labute approximate surface area is 135 Å². The fourth-order valence-corrected chi connectivity index (χ4v) is 3.55. The van der Waals surface area contributed by atoms with Gasteiger partial charge in [0.25, 0.3) is 5.91 Å². The number of hydrogen-bond acceptors (Lipinski definition) is 4. The number of carbonyl (C=O) groups excluding carboxylic acids is 1. The summed E-state index contributed by atoms with van der Waals surface area (Å²) in [6.45, 7) is 3.75. The summed E-state index contributed by atoms with van der Waals surface area (Å²) in [6, 6.07) is 10.2. The monoisotopic (exact) mass is 311 g/mol. The molecular formula is C17H21N5O. The Balaban J connectivity index is 1.48. The SMILES string of the molecule is O=C(c1cnn(-c2ccccc2)n1)N1CCN2CCCCC2C1. The summed E-state index contributed by atoms with van der Waals surface area (Å²) in [7, 11) is 0. The molecule has 0 bridgehead atoms. The summed E-state index contributed by atoms with van der Waals surface area (Å²) in [6.07, 6.45) is 5.33. The van der Waals surface area contributed by atoms with Gasteiger partial charge < -0.3 is 4.90 Å². The van der Waals surface area contributed by atoms with Gasteiger partial charge in [0.2, 0.25) is 0 Å². The first-order valence-corrected chi connectivity index (χ1v) is 8.32. The Kier molecular flexibility index (Phi) is 3.83. The molecule has 2 fully saturated rings. The minimum Gasteiger partial charge on any atom is -0.334 e. The first-order chi connectivity index (χ1) is 11.3. The minimum atomic E-state index is -0.00240. The van der Waals surface area contributed by atoms with Crippen LogP contribution in [0.3, 0.4) is 0 Å². The number of hydrogen-bond donors (Lipinski definition) is 0. The van der Waals surface area contributed by atoms with Crippen molar-refractivity contribution in [3.05, 3.63) is 42.2 Å². The number of piperidine rings is 1. The lowest BCUT2D eigenvalue weighted by molar-refractivity contribution is 0.0368. The van der Waals surface area contributed by atoms with E-state index in [0.29, 0.717) is 11.7 Å². The molecule has 0 aliphatic carbocycles. The molecule has 0 N–H and O–H groups in total. The lowest BCUT2D eigenvalue weighted by atomic mass is 9.99. The average molecular weight is 311 g/mol. The van der Waals surface area contributed by atoms with Crippen LogP contribution in [0.25, 0.3) is 5.69 Å². The molecule has 3 heterocycles. The van der Waals surface area contributed by atoms with E-state index in [1.54, 1.807) is 6.20 Å². The van der Waals surface area contributed by atoms with Crippen LogP contribution < -0.4 is 0 Å². The number of benzene rings is 1. The van der Waals surface area contributed by atoms with Gasteiger partial charge >= 0.3 is 0 Å². The molecule has 0 spiro atoms. The molecule has 6 nitrogen and oxygen atoms in total. The number of aromatic nitrogens is 3. The molecule has 0 radical (unpaired) electrons. The molecule has 2 saturated heterocycles. The largest absolute Gasteiger partial charge is 0.334 e. The highest BCUT2D eigenvalue weighted by molar-refractivity contribution is 5.92. The van der Waals surface area contributed by atoms with Gasteiger partial charge in [-0.3, -0.25) is 9.69 Å². The molecule has 120 valence electrons. The summed E-state index contributed by atoms with van der Waals surface area (Å²) < 4.78 is 0. The quantitative estimate of drug-likeness (QED) is 0.845. The van der Waals surface area contributed by atoms with Crippen molar-refractivity contribution in [2.24, 2.45) is 0 Å². The highest BCUT2D eigenvalue weighted by Gasteiger charge is 2.32. The van der Waals surface area contributed by atoms with Gasteiger partial charge in [0, 0.05) is 25.7 Å². The Morgan fingerprint density at radius 1 is 1.09 bits per heavy atom. The number of fused-ring (bicyclic) bond motifs is 1. The highest BCUT2D eigenvalue weighted by atomic mass is 16.2. The van der Waals surface area contributed by atoms with Crippen molar-refractivity contribution >= 4 is 5.91 Å². The van der Waals surface area contributed by atoms with E-state index in [1.165, 1.54) is 30.6 Å². The molecule has 1 atom stereocenters. The smallest absolute Gasteiger partial charge is 0.276 e. The Hall–Kier alpha value is -2.21. The molecule has 23 heavy (non-hydrogen) atoms. The van der Waals surface area contributed by atoms with E-state index in [1.807, 2.05) is 35.2 Å². The van der Waals surface area contributed by atoms with Crippen LogP contribution in [0.15, 0.2) is 36.5 Å². The van der Waals surface area contributed by atoms with Crippen LogP contribution in [0.4, 0.5) is 0 Å². The fourth-order valence-electron chi connectivity index (χ4n) is 3.55. The van der Waals surface area contributed by atoms with Crippen LogP contribution in [-0.2, 0) is 0 Å². The van der Waals surface area contributed by atoms with Crippen molar-refractivity contribution in [2.75, 3.05) is 26.2 Å². The van der Waals surface area contributed by atoms with Crippen LogP contribution in [0.5, 0.6) is 0 Å². The zero-order valence-electron chi connectivity index (χ0n) is 13.1. The van der Waals surface area contributed by atoms with E-state index in [0.717, 1.165) is 25.3 Å². The zero-order valence-corrected chi connectivity index (χ0v) is 13.1. The van der Waals surface area contributed by atoms with Crippen LogP contribution in [0.1, 0.15) is 29.8 Å². The van der Waals surface area contributed by atoms with Crippen LogP contribution in [-0.4, -0.2) is 62.9 Å². The second-order valence-corrected chi connectivity index (χ2v) is 6.29. The van der Waals surface area contributed by atoms with E-state index >= 15 is 0 Å².